The summed E-state index contributed by atoms with van der Waals surface area (Å²) in [6.07, 6.45) is 11.3. The van der Waals surface area contributed by atoms with Gasteiger partial charge in [0.15, 0.2) is 0 Å². The molecule has 0 heterocycles. The highest BCUT2D eigenvalue weighted by molar-refractivity contribution is 5.96. The number of oxime groups is 1. The fourth-order valence-electron chi connectivity index (χ4n) is 7.00. The zero-order valence-corrected chi connectivity index (χ0v) is 15.8. The highest BCUT2D eigenvalue weighted by Crippen LogP contribution is 2.65. The Hall–Kier alpha value is -1.32. The maximum Gasteiger partial charge on any atom is 0.302 e. The number of fused-ring (bicyclic) bond motifs is 5. The lowest BCUT2D eigenvalue weighted by atomic mass is 9.47. The van der Waals surface area contributed by atoms with Gasteiger partial charge in [-0.3, -0.25) is 4.79 Å². The van der Waals surface area contributed by atoms with Crippen molar-refractivity contribution in [1.29, 1.82) is 0 Å². The van der Waals surface area contributed by atoms with E-state index in [9.17, 15) is 4.79 Å². The van der Waals surface area contributed by atoms with Gasteiger partial charge in [-0.25, -0.2) is 0 Å². The van der Waals surface area contributed by atoms with Gasteiger partial charge >= 0.3 is 5.97 Å². The summed E-state index contributed by atoms with van der Waals surface area (Å²) in [5.74, 6) is 2.02. The number of hydrogen-bond donors (Lipinski definition) is 1. The fraction of sp³-hybridized carbons (Fsp3) is 0.810. The van der Waals surface area contributed by atoms with Crippen molar-refractivity contribution in [1.82, 2.24) is 0 Å². The van der Waals surface area contributed by atoms with E-state index < -0.39 is 0 Å². The Kier molecular flexibility index (Phi) is 4.01. The summed E-state index contributed by atoms with van der Waals surface area (Å²) in [4.78, 5) is 11.5. The van der Waals surface area contributed by atoms with Crippen LogP contribution < -0.4 is 0 Å². The zero-order chi connectivity index (χ0) is 17.8. The lowest BCUT2D eigenvalue weighted by molar-refractivity contribution is -0.157. The molecule has 0 amide bonds. The summed E-state index contributed by atoms with van der Waals surface area (Å²) in [5, 5.41) is 12.6. The molecule has 3 saturated carbocycles. The molecular weight excluding hydrogens is 314 g/mol. The predicted octanol–water partition coefficient (Wildman–Crippen LogP) is 4.71. The maximum atomic E-state index is 11.5. The molecule has 0 aromatic carbocycles. The lowest BCUT2D eigenvalue weighted by Gasteiger charge is -2.57. The van der Waals surface area contributed by atoms with E-state index in [-0.39, 0.29) is 22.9 Å². The van der Waals surface area contributed by atoms with Gasteiger partial charge in [-0.1, -0.05) is 24.6 Å². The minimum absolute atomic E-state index is 0.111. The molecule has 4 aliphatic rings. The van der Waals surface area contributed by atoms with Crippen LogP contribution in [0.2, 0.25) is 0 Å². The number of esters is 1. The average Bonchev–Trinajstić information content (AvgIpc) is 2.90. The molecule has 0 spiro atoms. The molecule has 3 fully saturated rings. The molecule has 6 unspecified atom stereocenters. The molecular formula is C21H31NO3. The quantitative estimate of drug-likeness (QED) is 0.425. The Morgan fingerprint density at radius 2 is 1.96 bits per heavy atom. The van der Waals surface area contributed by atoms with Crippen molar-refractivity contribution >= 4 is 11.7 Å². The van der Waals surface area contributed by atoms with E-state index in [2.05, 4.69) is 25.1 Å². The van der Waals surface area contributed by atoms with E-state index in [1.807, 2.05) is 0 Å². The molecule has 0 aromatic rings. The van der Waals surface area contributed by atoms with Crippen LogP contribution in [0.3, 0.4) is 0 Å². The summed E-state index contributed by atoms with van der Waals surface area (Å²) in [7, 11) is 0. The molecule has 0 bridgehead atoms. The van der Waals surface area contributed by atoms with Gasteiger partial charge in [0.1, 0.15) is 6.10 Å². The van der Waals surface area contributed by atoms with E-state index >= 15 is 0 Å². The molecule has 4 heteroatoms. The second kappa shape index (κ2) is 5.85. The molecule has 0 saturated heterocycles. The van der Waals surface area contributed by atoms with Gasteiger partial charge in [-0.15, -0.1) is 0 Å². The Bertz CT molecular complexity index is 639. The van der Waals surface area contributed by atoms with Crippen LogP contribution in [0.15, 0.2) is 16.8 Å². The van der Waals surface area contributed by atoms with Crippen molar-refractivity contribution in [2.24, 2.45) is 33.7 Å². The number of hydrogen-bond acceptors (Lipinski definition) is 4. The van der Waals surface area contributed by atoms with Crippen LogP contribution in [-0.2, 0) is 9.53 Å². The Balaban J connectivity index is 1.61. The molecule has 4 aliphatic carbocycles. The first-order chi connectivity index (χ1) is 11.9. The fourth-order valence-corrected chi connectivity index (χ4v) is 7.00. The van der Waals surface area contributed by atoms with Crippen molar-refractivity contribution < 1.29 is 14.7 Å². The first kappa shape index (κ1) is 17.1. The first-order valence-corrected chi connectivity index (χ1v) is 9.97. The second-order valence-electron chi connectivity index (χ2n) is 9.31. The third kappa shape index (κ3) is 2.47. The minimum atomic E-state index is -0.127. The largest absolute Gasteiger partial charge is 0.462 e. The van der Waals surface area contributed by atoms with Gasteiger partial charge < -0.3 is 9.94 Å². The summed E-state index contributed by atoms with van der Waals surface area (Å²) in [5.41, 5.74) is 2.78. The van der Waals surface area contributed by atoms with Crippen LogP contribution >= 0.6 is 0 Å². The predicted molar refractivity (Wildman–Crippen MR) is 96.5 cm³/mol. The standard InChI is InChI=1S/C21H31NO3/c1-13(23)25-19-7-6-17-16-5-4-14-12-15(22-24)8-10-20(14,2)18(16)9-11-21(17,19)3/h12,16-19,24H,4-11H2,1-3H3. The van der Waals surface area contributed by atoms with E-state index in [1.165, 1.54) is 31.3 Å². The highest BCUT2D eigenvalue weighted by atomic mass is 16.5. The summed E-state index contributed by atoms with van der Waals surface area (Å²) in [6.45, 7) is 6.37. The van der Waals surface area contributed by atoms with Gasteiger partial charge in [0.25, 0.3) is 0 Å². The Morgan fingerprint density at radius 1 is 1.16 bits per heavy atom. The topological polar surface area (TPSA) is 58.9 Å². The van der Waals surface area contributed by atoms with Crippen LogP contribution in [-0.4, -0.2) is 23.0 Å². The molecule has 0 aromatic heterocycles. The van der Waals surface area contributed by atoms with E-state index in [0.717, 1.165) is 43.2 Å². The van der Waals surface area contributed by atoms with E-state index in [0.29, 0.717) is 5.92 Å². The van der Waals surface area contributed by atoms with E-state index in [4.69, 9.17) is 9.94 Å². The van der Waals surface area contributed by atoms with Crippen molar-refractivity contribution in [3.63, 3.8) is 0 Å². The van der Waals surface area contributed by atoms with Crippen LogP contribution in [0.5, 0.6) is 0 Å². The van der Waals surface area contributed by atoms with Crippen LogP contribution in [0.4, 0.5) is 0 Å². The van der Waals surface area contributed by atoms with Crippen molar-refractivity contribution in [2.45, 2.75) is 78.2 Å². The Labute approximate surface area is 150 Å². The van der Waals surface area contributed by atoms with Gasteiger partial charge in [0.05, 0.1) is 5.71 Å². The molecule has 138 valence electrons. The number of rotatable bonds is 1. The summed E-state index contributed by atoms with van der Waals surface area (Å²) in [6, 6.07) is 0. The molecule has 6 atom stereocenters. The smallest absolute Gasteiger partial charge is 0.302 e. The van der Waals surface area contributed by atoms with Gasteiger partial charge in [0, 0.05) is 12.3 Å². The van der Waals surface area contributed by atoms with Gasteiger partial charge in [0.2, 0.25) is 0 Å². The molecule has 4 rings (SSSR count). The van der Waals surface area contributed by atoms with Crippen molar-refractivity contribution in [2.75, 3.05) is 0 Å². The first-order valence-electron chi connectivity index (χ1n) is 9.97. The average molecular weight is 345 g/mol. The molecule has 0 radical (unpaired) electrons. The minimum Gasteiger partial charge on any atom is -0.462 e. The highest BCUT2D eigenvalue weighted by Gasteiger charge is 2.59. The Morgan fingerprint density at radius 3 is 2.68 bits per heavy atom. The molecule has 0 aliphatic heterocycles. The number of carbonyl (C=O) groups excluding carboxylic acids is 1. The molecule has 4 nitrogen and oxygen atoms in total. The lowest BCUT2D eigenvalue weighted by Crippen LogP contribution is -2.51. The van der Waals surface area contributed by atoms with Crippen molar-refractivity contribution in [3.05, 3.63) is 11.6 Å². The SMILES string of the molecule is CC(=O)OC1CCC2C3CCC4=CC(=NO)CCC4(C)C3CCC12C. The maximum absolute atomic E-state index is 11.5. The second-order valence-corrected chi connectivity index (χ2v) is 9.31. The zero-order valence-electron chi connectivity index (χ0n) is 15.8. The van der Waals surface area contributed by atoms with Crippen molar-refractivity contribution in [3.8, 4) is 0 Å². The van der Waals surface area contributed by atoms with E-state index in [1.54, 1.807) is 6.92 Å². The van der Waals surface area contributed by atoms with Crippen LogP contribution in [0.1, 0.15) is 72.1 Å². The van der Waals surface area contributed by atoms with Gasteiger partial charge in [-0.05, 0) is 80.6 Å². The summed E-state index contributed by atoms with van der Waals surface area (Å²) < 4.78 is 5.73. The molecule has 25 heavy (non-hydrogen) atoms. The third-order valence-corrected chi connectivity index (χ3v) is 8.33. The number of allylic oxidation sites excluding steroid dienone is 2. The van der Waals surface area contributed by atoms with Gasteiger partial charge in [-0.2, -0.15) is 0 Å². The number of carbonyl (C=O) groups is 1. The third-order valence-electron chi connectivity index (χ3n) is 8.33. The number of ether oxygens (including phenoxy) is 1. The normalized spacial score (nSPS) is 47.5. The van der Waals surface area contributed by atoms with Crippen LogP contribution in [0.25, 0.3) is 0 Å². The number of nitrogens with zero attached hydrogens (tertiary/aromatic N) is 1. The summed E-state index contributed by atoms with van der Waals surface area (Å²) >= 11 is 0. The molecule has 1 N–H and O–H groups in total. The van der Waals surface area contributed by atoms with Crippen LogP contribution in [0, 0.1) is 28.6 Å². The monoisotopic (exact) mass is 345 g/mol.